The van der Waals surface area contributed by atoms with Crippen molar-refractivity contribution in [2.75, 3.05) is 4.43 Å². The van der Waals surface area contributed by atoms with Crippen LogP contribution in [0.4, 0.5) is 0 Å². The van der Waals surface area contributed by atoms with Crippen LogP contribution in [0.2, 0.25) is 0 Å². The summed E-state index contributed by atoms with van der Waals surface area (Å²) < 4.78 is 1.32. The van der Waals surface area contributed by atoms with Gasteiger partial charge < -0.3 is 0 Å². The van der Waals surface area contributed by atoms with Crippen LogP contribution in [0.1, 0.15) is 96.8 Å². The Bertz CT molecular complexity index is 211. The zero-order valence-corrected chi connectivity index (χ0v) is 15.1. The molecule has 0 aromatic rings. The molecule has 19 heavy (non-hydrogen) atoms. The highest BCUT2D eigenvalue weighted by atomic mass is 127. The van der Waals surface area contributed by atoms with Crippen LogP contribution in [-0.2, 0) is 0 Å². The lowest BCUT2D eigenvalue weighted by atomic mass is 10.1. The molecule has 0 amide bonds. The zero-order chi connectivity index (χ0) is 14.0. The molecular formula is C18H33I. The molecule has 0 atom stereocenters. The lowest BCUT2D eigenvalue weighted by Gasteiger charge is -1.98. The first kappa shape index (κ1) is 19.3. The maximum absolute atomic E-state index is 3.34. The Kier molecular flexibility index (Phi) is 18.6. The molecule has 0 nitrogen and oxygen atoms in total. The molecule has 0 saturated heterocycles. The van der Waals surface area contributed by atoms with Gasteiger partial charge in [0, 0.05) is 12.8 Å². The summed E-state index contributed by atoms with van der Waals surface area (Å²) in [6.07, 6.45) is 18.9. The zero-order valence-electron chi connectivity index (χ0n) is 13.0. The van der Waals surface area contributed by atoms with E-state index in [0.29, 0.717) is 0 Å². The molecule has 0 heterocycles. The van der Waals surface area contributed by atoms with Gasteiger partial charge in [0.1, 0.15) is 0 Å². The summed E-state index contributed by atoms with van der Waals surface area (Å²) in [6, 6.07) is 0. The minimum atomic E-state index is 1.13. The Labute approximate surface area is 135 Å². The van der Waals surface area contributed by atoms with Crippen molar-refractivity contribution in [1.82, 2.24) is 0 Å². The van der Waals surface area contributed by atoms with Crippen LogP contribution in [0.3, 0.4) is 0 Å². The molecule has 0 aromatic carbocycles. The van der Waals surface area contributed by atoms with Crippen molar-refractivity contribution >= 4 is 22.6 Å². The summed E-state index contributed by atoms with van der Waals surface area (Å²) in [6.45, 7) is 2.27. The summed E-state index contributed by atoms with van der Waals surface area (Å²) >= 11 is 2.47. The van der Waals surface area contributed by atoms with Gasteiger partial charge in [0.15, 0.2) is 0 Å². The topological polar surface area (TPSA) is 0 Å². The number of hydrogen-bond acceptors (Lipinski definition) is 0. The van der Waals surface area contributed by atoms with Gasteiger partial charge in [0.05, 0.1) is 0 Å². The lowest BCUT2D eigenvalue weighted by molar-refractivity contribution is 0.612. The first-order valence-electron chi connectivity index (χ1n) is 8.43. The standard InChI is InChI=1S/C18H33I/c1-2-3-4-5-6-7-8-9-10-11-12-13-14-15-16-17-18-19/h2-8,11-18H2,1H3. The number of halogens is 1. The summed E-state index contributed by atoms with van der Waals surface area (Å²) in [7, 11) is 0. The second-order valence-corrected chi connectivity index (χ2v) is 6.51. The minimum Gasteiger partial charge on any atom is -0.103 e. The van der Waals surface area contributed by atoms with E-state index in [1.54, 1.807) is 0 Å². The van der Waals surface area contributed by atoms with Gasteiger partial charge in [-0.15, -0.1) is 11.8 Å². The number of hydrogen-bond donors (Lipinski definition) is 0. The van der Waals surface area contributed by atoms with E-state index < -0.39 is 0 Å². The Balaban J connectivity index is 3.05. The molecule has 112 valence electrons. The highest BCUT2D eigenvalue weighted by molar-refractivity contribution is 14.1. The van der Waals surface area contributed by atoms with Crippen LogP contribution in [0.15, 0.2) is 0 Å². The molecule has 0 aliphatic rings. The van der Waals surface area contributed by atoms with E-state index in [9.17, 15) is 0 Å². The first-order valence-corrected chi connectivity index (χ1v) is 9.96. The van der Waals surface area contributed by atoms with Crippen LogP contribution < -0.4 is 0 Å². The van der Waals surface area contributed by atoms with Crippen LogP contribution in [-0.4, -0.2) is 4.43 Å². The van der Waals surface area contributed by atoms with E-state index in [1.807, 2.05) is 0 Å². The SMILES string of the molecule is CCCCCCCCC#CCCCCCCCCI. The molecule has 1 heteroatoms. The maximum atomic E-state index is 3.34. The first-order chi connectivity index (χ1) is 9.41. The summed E-state index contributed by atoms with van der Waals surface area (Å²) in [5, 5.41) is 0. The van der Waals surface area contributed by atoms with Gasteiger partial charge in [-0.1, -0.05) is 87.3 Å². The lowest BCUT2D eigenvalue weighted by Crippen LogP contribution is -1.80. The van der Waals surface area contributed by atoms with Gasteiger partial charge in [0.25, 0.3) is 0 Å². The van der Waals surface area contributed by atoms with Crippen molar-refractivity contribution in [3.8, 4) is 11.8 Å². The minimum absolute atomic E-state index is 1.13. The van der Waals surface area contributed by atoms with Crippen molar-refractivity contribution in [2.24, 2.45) is 0 Å². The maximum Gasteiger partial charge on any atom is 0.00886 e. The molecule has 0 radical (unpaired) electrons. The van der Waals surface area contributed by atoms with Crippen molar-refractivity contribution in [3.05, 3.63) is 0 Å². The molecule has 0 N–H and O–H groups in total. The fraction of sp³-hybridized carbons (Fsp3) is 0.889. The summed E-state index contributed by atoms with van der Waals surface area (Å²) in [5.74, 6) is 6.67. The molecule has 0 aromatic heterocycles. The Hall–Kier alpha value is 0.290. The Morgan fingerprint density at radius 1 is 0.579 bits per heavy atom. The Morgan fingerprint density at radius 3 is 1.47 bits per heavy atom. The van der Waals surface area contributed by atoms with Gasteiger partial charge in [-0.25, -0.2) is 0 Å². The van der Waals surface area contributed by atoms with Crippen molar-refractivity contribution < 1.29 is 0 Å². The van der Waals surface area contributed by atoms with E-state index in [2.05, 4.69) is 41.4 Å². The normalized spacial score (nSPS) is 10.2. The van der Waals surface area contributed by atoms with Crippen LogP contribution in [0.25, 0.3) is 0 Å². The molecule has 0 aliphatic carbocycles. The monoisotopic (exact) mass is 376 g/mol. The van der Waals surface area contributed by atoms with Crippen LogP contribution >= 0.6 is 22.6 Å². The number of rotatable bonds is 13. The highest BCUT2D eigenvalue weighted by Gasteiger charge is 1.90. The average Bonchev–Trinajstić information content (AvgIpc) is 2.43. The summed E-state index contributed by atoms with van der Waals surface area (Å²) in [5.41, 5.74) is 0. The fourth-order valence-electron chi connectivity index (χ4n) is 2.19. The second kappa shape index (κ2) is 18.3. The van der Waals surface area contributed by atoms with Gasteiger partial charge in [-0.3, -0.25) is 0 Å². The van der Waals surface area contributed by atoms with Gasteiger partial charge in [0.2, 0.25) is 0 Å². The molecule has 0 fully saturated rings. The fourth-order valence-corrected chi connectivity index (χ4v) is 2.72. The van der Waals surface area contributed by atoms with E-state index in [0.717, 1.165) is 12.8 Å². The molecule has 0 bridgehead atoms. The van der Waals surface area contributed by atoms with E-state index >= 15 is 0 Å². The summed E-state index contributed by atoms with van der Waals surface area (Å²) in [4.78, 5) is 0. The predicted molar refractivity (Wildman–Crippen MR) is 97.0 cm³/mol. The van der Waals surface area contributed by atoms with E-state index in [4.69, 9.17) is 0 Å². The van der Waals surface area contributed by atoms with E-state index in [-0.39, 0.29) is 0 Å². The van der Waals surface area contributed by atoms with Crippen LogP contribution in [0, 0.1) is 11.8 Å². The van der Waals surface area contributed by atoms with Gasteiger partial charge in [-0.05, 0) is 23.7 Å². The smallest absolute Gasteiger partial charge is 0.00886 e. The molecule has 0 saturated carbocycles. The van der Waals surface area contributed by atoms with Gasteiger partial charge in [-0.2, -0.15) is 0 Å². The van der Waals surface area contributed by atoms with Gasteiger partial charge >= 0.3 is 0 Å². The molecule has 0 unspecified atom stereocenters. The third-order valence-electron chi connectivity index (χ3n) is 3.47. The van der Waals surface area contributed by atoms with Crippen LogP contribution in [0.5, 0.6) is 0 Å². The highest BCUT2D eigenvalue weighted by Crippen LogP contribution is 2.08. The molecule has 0 spiro atoms. The van der Waals surface area contributed by atoms with Crippen molar-refractivity contribution in [2.45, 2.75) is 96.8 Å². The van der Waals surface area contributed by atoms with E-state index in [1.165, 1.54) is 81.5 Å². The number of unbranched alkanes of at least 4 members (excludes halogenated alkanes) is 12. The Morgan fingerprint density at radius 2 is 1.00 bits per heavy atom. The molecule has 0 aliphatic heterocycles. The number of alkyl halides is 1. The largest absolute Gasteiger partial charge is 0.103 e. The average molecular weight is 376 g/mol. The second-order valence-electron chi connectivity index (χ2n) is 5.43. The molecular weight excluding hydrogens is 343 g/mol. The van der Waals surface area contributed by atoms with Crippen molar-refractivity contribution in [3.63, 3.8) is 0 Å². The van der Waals surface area contributed by atoms with Crippen molar-refractivity contribution in [1.29, 1.82) is 0 Å². The predicted octanol–water partition coefficient (Wildman–Crippen LogP) is 6.91. The molecule has 0 rings (SSSR count). The quantitative estimate of drug-likeness (QED) is 0.142. The third kappa shape index (κ3) is 18.3. The third-order valence-corrected chi connectivity index (χ3v) is 4.23.